The number of Topliss-reactive ketones (excluding diaryl/α,β-unsaturated/α-hetero) is 2. The Morgan fingerprint density at radius 3 is 2.47 bits per heavy atom. The van der Waals surface area contributed by atoms with Crippen LogP contribution in [0.4, 0.5) is 5.69 Å². The fourth-order valence-electron chi connectivity index (χ4n) is 3.63. The lowest BCUT2D eigenvalue weighted by atomic mass is 9.87. The molecule has 4 rings (SSSR count). The van der Waals surface area contributed by atoms with E-state index in [0.29, 0.717) is 21.8 Å². The summed E-state index contributed by atoms with van der Waals surface area (Å²) < 4.78 is 0.803. The summed E-state index contributed by atoms with van der Waals surface area (Å²) in [6.07, 6.45) is 3.18. The third-order valence-electron chi connectivity index (χ3n) is 5.18. The van der Waals surface area contributed by atoms with Crippen LogP contribution < -0.4 is 4.90 Å². The van der Waals surface area contributed by atoms with Crippen molar-refractivity contribution >= 4 is 50.7 Å². The summed E-state index contributed by atoms with van der Waals surface area (Å²) in [5, 5.41) is 0.482. The van der Waals surface area contributed by atoms with Gasteiger partial charge in [-0.2, -0.15) is 0 Å². The molecule has 30 heavy (non-hydrogen) atoms. The Labute approximate surface area is 186 Å². The van der Waals surface area contributed by atoms with E-state index in [1.807, 2.05) is 13.0 Å². The number of aromatic nitrogens is 1. The second-order valence-electron chi connectivity index (χ2n) is 7.05. The third-order valence-corrected chi connectivity index (χ3v) is 6.28. The SMILES string of the molecule is Cc1ccc(N2C(=O)C(=O)C(C(=O)c3ccc(Cl)cc3)[C@H]2c2cccnc2)cc1Br. The number of hydrogen-bond acceptors (Lipinski definition) is 4. The number of pyridine rings is 1. The zero-order valence-electron chi connectivity index (χ0n) is 15.9. The normalized spacial score (nSPS) is 18.7. The van der Waals surface area contributed by atoms with Crippen molar-refractivity contribution in [1.29, 1.82) is 0 Å². The Hall–Kier alpha value is -2.83. The van der Waals surface area contributed by atoms with Crippen molar-refractivity contribution in [3.63, 3.8) is 0 Å². The molecule has 5 nitrogen and oxygen atoms in total. The second-order valence-corrected chi connectivity index (χ2v) is 8.34. The summed E-state index contributed by atoms with van der Waals surface area (Å²) in [5.41, 5.74) is 2.46. The number of rotatable bonds is 4. The first-order valence-electron chi connectivity index (χ1n) is 9.21. The van der Waals surface area contributed by atoms with Gasteiger partial charge in [0.2, 0.25) is 5.78 Å². The molecule has 0 spiro atoms. The van der Waals surface area contributed by atoms with E-state index >= 15 is 0 Å². The van der Waals surface area contributed by atoms with E-state index in [9.17, 15) is 14.4 Å². The van der Waals surface area contributed by atoms with Gasteiger partial charge >= 0.3 is 0 Å². The fraction of sp³-hybridized carbons (Fsp3) is 0.130. The van der Waals surface area contributed by atoms with Gasteiger partial charge in [0.15, 0.2) is 5.78 Å². The number of halogens is 2. The number of nitrogens with zero attached hydrogens (tertiary/aromatic N) is 2. The molecule has 0 saturated carbocycles. The zero-order chi connectivity index (χ0) is 21.4. The molecule has 150 valence electrons. The third kappa shape index (κ3) is 3.57. The van der Waals surface area contributed by atoms with Gasteiger partial charge < -0.3 is 0 Å². The van der Waals surface area contributed by atoms with E-state index in [2.05, 4.69) is 20.9 Å². The van der Waals surface area contributed by atoms with E-state index in [-0.39, 0.29) is 0 Å². The van der Waals surface area contributed by atoms with E-state index in [4.69, 9.17) is 11.6 Å². The molecule has 1 fully saturated rings. The van der Waals surface area contributed by atoms with Crippen LogP contribution in [0.1, 0.15) is 27.5 Å². The van der Waals surface area contributed by atoms with Crippen LogP contribution in [0.2, 0.25) is 5.02 Å². The van der Waals surface area contributed by atoms with Crippen molar-refractivity contribution in [2.75, 3.05) is 4.90 Å². The molecule has 1 amide bonds. The fourth-order valence-corrected chi connectivity index (χ4v) is 4.12. The lowest BCUT2D eigenvalue weighted by molar-refractivity contribution is -0.135. The van der Waals surface area contributed by atoms with Gasteiger partial charge in [0.25, 0.3) is 5.91 Å². The summed E-state index contributed by atoms with van der Waals surface area (Å²) in [7, 11) is 0. The Morgan fingerprint density at radius 2 is 1.83 bits per heavy atom. The van der Waals surface area contributed by atoms with Crippen molar-refractivity contribution in [2.24, 2.45) is 5.92 Å². The largest absolute Gasteiger partial charge is 0.297 e. The molecule has 1 aliphatic rings. The van der Waals surface area contributed by atoms with Crippen LogP contribution in [0.5, 0.6) is 0 Å². The van der Waals surface area contributed by atoms with Crippen LogP contribution >= 0.6 is 27.5 Å². The van der Waals surface area contributed by atoms with Crippen LogP contribution in [0, 0.1) is 12.8 Å². The highest BCUT2D eigenvalue weighted by Crippen LogP contribution is 2.41. The molecular formula is C23H16BrClN2O3. The first-order valence-corrected chi connectivity index (χ1v) is 10.4. The van der Waals surface area contributed by atoms with Crippen LogP contribution in [0.3, 0.4) is 0 Å². The molecule has 2 heterocycles. The van der Waals surface area contributed by atoms with Crippen molar-refractivity contribution in [3.8, 4) is 0 Å². The van der Waals surface area contributed by atoms with E-state index in [0.717, 1.165) is 10.0 Å². The molecule has 2 atom stereocenters. The van der Waals surface area contributed by atoms with Gasteiger partial charge in [0.1, 0.15) is 5.92 Å². The molecule has 0 radical (unpaired) electrons. The van der Waals surface area contributed by atoms with Crippen molar-refractivity contribution in [1.82, 2.24) is 4.98 Å². The Bertz CT molecular complexity index is 1150. The van der Waals surface area contributed by atoms with Gasteiger partial charge in [-0.1, -0.05) is 39.7 Å². The first-order chi connectivity index (χ1) is 14.4. The topological polar surface area (TPSA) is 67.3 Å². The number of carbonyl (C=O) groups excluding carboxylic acids is 3. The van der Waals surface area contributed by atoms with Gasteiger partial charge in [-0.15, -0.1) is 0 Å². The van der Waals surface area contributed by atoms with Crippen molar-refractivity contribution in [2.45, 2.75) is 13.0 Å². The number of ketones is 2. The molecule has 0 aliphatic carbocycles. The van der Waals surface area contributed by atoms with Gasteiger partial charge in [0.05, 0.1) is 6.04 Å². The minimum absolute atomic E-state index is 0.325. The first kappa shape index (κ1) is 20.4. The maximum atomic E-state index is 13.3. The zero-order valence-corrected chi connectivity index (χ0v) is 18.2. The summed E-state index contributed by atoms with van der Waals surface area (Å²) >= 11 is 9.41. The predicted molar refractivity (Wildman–Crippen MR) is 118 cm³/mol. The molecule has 1 aromatic heterocycles. The molecule has 0 N–H and O–H groups in total. The van der Waals surface area contributed by atoms with Crippen LogP contribution in [-0.4, -0.2) is 22.5 Å². The Balaban J connectivity index is 1.85. The van der Waals surface area contributed by atoms with Crippen LogP contribution in [-0.2, 0) is 9.59 Å². The highest BCUT2D eigenvalue weighted by atomic mass is 79.9. The van der Waals surface area contributed by atoms with Gasteiger partial charge in [0, 0.05) is 33.1 Å². The average Bonchev–Trinajstić information content (AvgIpc) is 3.01. The highest BCUT2D eigenvalue weighted by molar-refractivity contribution is 9.10. The van der Waals surface area contributed by atoms with Crippen LogP contribution in [0.25, 0.3) is 0 Å². The summed E-state index contributed by atoms with van der Waals surface area (Å²) in [4.78, 5) is 44.9. The number of amides is 1. The van der Waals surface area contributed by atoms with E-state index in [1.165, 1.54) is 4.90 Å². The number of anilines is 1. The molecule has 3 aromatic rings. The quantitative estimate of drug-likeness (QED) is 0.299. The van der Waals surface area contributed by atoms with Gasteiger partial charge in [-0.05, 0) is 60.5 Å². The van der Waals surface area contributed by atoms with E-state index in [1.54, 1.807) is 60.9 Å². The summed E-state index contributed by atoms with van der Waals surface area (Å²) in [5.74, 6) is -3.05. The number of carbonyl (C=O) groups is 3. The maximum Gasteiger partial charge on any atom is 0.295 e. The molecule has 1 aliphatic heterocycles. The lowest BCUT2D eigenvalue weighted by Crippen LogP contribution is -2.30. The average molecular weight is 484 g/mol. The number of benzene rings is 2. The summed E-state index contributed by atoms with van der Waals surface area (Å²) in [6.45, 7) is 1.93. The number of hydrogen-bond donors (Lipinski definition) is 0. The van der Waals surface area contributed by atoms with Crippen molar-refractivity contribution in [3.05, 3.63) is 93.2 Å². The maximum absolute atomic E-state index is 13.3. The molecule has 0 bridgehead atoms. The molecule has 2 aromatic carbocycles. The summed E-state index contributed by atoms with van der Waals surface area (Å²) in [6, 6.07) is 14.4. The minimum atomic E-state index is -1.18. The standard InChI is InChI=1S/C23H16BrClN2O3/c1-13-4-9-17(11-18(13)24)27-20(15-3-2-10-26-12-15)19(22(29)23(27)30)21(28)14-5-7-16(25)8-6-14/h2-12,19-20H,1H3/t19?,20-/m1/s1. The Kier molecular flexibility index (Phi) is 5.54. The van der Waals surface area contributed by atoms with Gasteiger partial charge in [-0.25, -0.2) is 0 Å². The molecule has 1 unspecified atom stereocenters. The molecule has 1 saturated heterocycles. The Morgan fingerprint density at radius 1 is 1.10 bits per heavy atom. The highest BCUT2D eigenvalue weighted by Gasteiger charge is 2.52. The van der Waals surface area contributed by atoms with Crippen molar-refractivity contribution < 1.29 is 14.4 Å². The predicted octanol–water partition coefficient (Wildman–Crippen LogP) is 4.96. The second kappa shape index (κ2) is 8.13. The molecule has 7 heteroatoms. The number of aryl methyl sites for hydroxylation is 1. The van der Waals surface area contributed by atoms with E-state index < -0.39 is 29.4 Å². The minimum Gasteiger partial charge on any atom is -0.297 e. The smallest absolute Gasteiger partial charge is 0.295 e. The monoisotopic (exact) mass is 482 g/mol. The van der Waals surface area contributed by atoms with Crippen LogP contribution in [0.15, 0.2) is 71.5 Å². The molecular weight excluding hydrogens is 468 g/mol. The van der Waals surface area contributed by atoms with Gasteiger partial charge in [-0.3, -0.25) is 24.3 Å². The lowest BCUT2D eigenvalue weighted by Gasteiger charge is -2.27.